The van der Waals surface area contributed by atoms with Crippen molar-refractivity contribution < 1.29 is 33.8 Å². The lowest BCUT2D eigenvalue weighted by atomic mass is 10.1. The number of benzene rings is 2. The van der Waals surface area contributed by atoms with Crippen molar-refractivity contribution in [3.05, 3.63) is 88.1 Å². The van der Waals surface area contributed by atoms with Gasteiger partial charge in [-0.2, -0.15) is 15.2 Å². The molecule has 0 aliphatic rings. The molecule has 0 spiro atoms. The number of amides is 4. The number of carbonyl (C=O) groups excluding carboxylic acids is 4. The molecule has 304 valence electrons. The van der Waals surface area contributed by atoms with Gasteiger partial charge in [-0.05, 0) is 64.1 Å². The van der Waals surface area contributed by atoms with Crippen LogP contribution >= 0.6 is 0 Å². The summed E-state index contributed by atoms with van der Waals surface area (Å²) >= 11 is 0. The van der Waals surface area contributed by atoms with Crippen LogP contribution in [-0.4, -0.2) is 87.3 Å². The number of primary amides is 2. The van der Waals surface area contributed by atoms with Crippen LogP contribution in [0.4, 0.5) is 5.95 Å². The van der Waals surface area contributed by atoms with Crippen molar-refractivity contribution in [3.63, 3.8) is 0 Å². The number of nitrogens with two attached hydrogens (primary N) is 2. The van der Waals surface area contributed by atoms with E-state index >= 15 is 0 Å². The van der Waals surface area contributed by atoms with E-state index in [0.717, 1.165) is 0 Å². The number of aliphatic hydroxyl groups is 1. The molecule has 2 aromatic carbocycles. The largest absolute Gasteiger partial charge is 0.494 e. The maximum absolute atomic E-state index is 13.7. The molecule has 58 heavy (non-hydrogen) atoms. The van der Waals surface area contributed by atoms with Gasteiger partial charge in [-0.3, -0.25) is 33.9 Å². The highest BCUT2D eigenvalue weighted by Crippen LogP contribution is 2.32. The number of aliphatic hydroxyl groups excluding tert-OH is 1. The van der Waals surface area contributed by atoms with Crippen LogP contribution in [0.15, 0.2) is 53.5 Å². The smallest absolute Gasteiger partial charge is 0.298 e. The van der Waals surface area contributed by atoms with E-state index in [2.05, 4.69) is 20.5 Å². The zero-order chi connectivity index (χ0) is 41.8. The summed E-state index contributed by atoms with van der Waals surface area (Å²) in [5.41, 5.74) is 15.8. The Labute approximate surface area is 332 Å². The number of aromatic nitrogens is 8. The number of nitrogens with zero attached hydrogens (tertiary/aromatic N) is 9. The maximum Gasteiger partial charge on any atom is 0.298 e. The molecular weight excluding hydrogens is 749 g/mol. The molecule has 0 unspecified atom stereocenters. The number of aryl methyl sites for hydroxylation is 5. The number of hydrogen-bond acceptors (Lipinski definition) is 10. The summed E-state index contributed by atoms with van der Waals surface area (Å²) < 4.78 is 20.1. The fourth-order valence-electron chi connectivity index (χ4n) is 6.72. The topological polar surface area (TPSA) is 247 Å². The van der Waals surface area contributed by atoms with Gasteiger partial charge in [0, 0.05) is 57.4 Å². The van der Waals surface area contributed by atoms with Crippen LogP contribution in [0.25, 0.3) is 22.1 Å². The number of methoxy groups -OCH3 is 1. The Morgan fingerprint density at radius 3 is 2.07 bits per heavy atom. The minimum absolute atomic E-state index is 0.116. The van der Waals surface area contributed by atoms with E-state index in [4.69, 9.17) is 25.9 Å². The van der Waals surface area contributed by atoms with Gasteiger partial charge in [0.25, 0.3) is 11.8 Å². The number of nitrogens with one attached hydrogen (secondary N) is 1. The van der Waals surface area contributed by atoms with E-state index in [-0.39, 0.29) is 54.7 Å². The van der Waals surface area contributed by atoms with Crippen LogP contribution < -0.4 is 31.9 Å². The molecule has 0 radical (unpaired) electrons. The van der Waals surface area contributed by atoms with Crippen molar-refractivity contribution in [3.8, 4) is 11.5 Å². The summed E-state index contributed by atoms with van der Waals surface area (Å²) in [6.07, 6.45) is 3.99. The lowest BCUT2D eigenvalue weighted by Gasteiger charge is -2.13. The van der Waals surface area contributed by atoms with Gasteiger partial charge >= 0.3 is 0 Å². The molecule has 6 rings (SSSR count). The third kappa shape index (κ3) is 7.97. The molecule has 4 amide bonds. The first-order chi connectivity index (χ1) is 27.8. The molecule has 6 N–H and O–H groups in total. The summed E-state index contributed by atoms with van der Waals surface area (Å²) in [4.78, 5) is 61.3. The van der Waals surface area contributed by atoms with E-state index in [1.54, 1.807) is 62.2 Å². The minimum atomic E-state index is -0.698. The molecule has 19 heteroatoms. The molecule has 4 heterocycles. The van der Waals surface area contributed by atoms with Gasteiger partial charge < -0.3 is 39.7 Å². The highest BCUT2D eigenvalue weighted by atomic mass is 16.5. The third-order valence-corrected chi connectivity index (χ3v) is 9.41. The molecule has 0 saturated carbocycles. The molecule has 0 aliphatic heterocycles. The average molecular weight is 795 g/mol. The molecule has 0 atom stereocenters. The predicted octanol–water partition coefficient (Wildman–Crippen LogP) is 2.60. The highest BCUT2D eigenvalue weighted by Gasteiger charge is 2.23. The SMILES string of the molecule is CCn1nc(C)cc1C(=O)N=c1n(C)c2cc(C(N)=O)cc(OC)c2n1C/C=C/Cn1c(NC(=O)c2cc(C)nn2CC)nc2cc(C(N)=O)cc(OCCCO)c21. The summed E-state index contributed by atoms with van der Waals surface area (Å²) in [5.74, 6) is -1.56. The Morgan fingerprint density at radius 1 is 0.845 bits per heavy atom. The Hall–Kier alpha value is -7.02. The maximum atomic E-state index is 13.7. The van der Waals surface area contributed by atoms with E-state index in [9.17, 15) is 24.3 Å². The summed E-state index contributed by atoms with van der Waals surface area (Å²) in [5, 5.41) is 21.1. The van der Waals surface area contributed by atoms with Crippen molar-refractivity contribution in [2.45, 2.75) is 60.3 Å². The van der Waals surface area contributed by atoms with Gasteiger partial charge in [0.2, 0.25) is 23.4 Å². The third-order valence-electron chi connectivity index (χ3n) is 9.41. The minimum Gasteiger partial charge on any atom is -0.494 e. The normalized spacial score (nSPS) is 11.9. The second-order valence-electron chi connectivity index (χ2n) is 13.4. The molecule has 0 saturated heterocycles. The Balaban J connectivity index is 1.46. The summed E-state index contributed by atoms with van der Waals surface area (Å²) in [6.45, 7) is 8.58. The first kappa shape index (κ1) is 40.6. The molecule has 0 bridgehead atoms. The van der Waals surface area contributed by atoms with Gasteiger partial charge in [-0.15, -0.1) is 0 Å². The molecular formula is C39H46N12O7. The first-order valence-electron chi connectivity index (χ1n) is 18.6. The number of hydrogen-bond donors (Lipinski definition) is 4. The van der Waals surface area contributed by atoms with Crippen LogP contribution in [0, 0.1) is 13.8 Å². The van der Waals surface area contributed by atoms with E-state index in [1.807, 2.05) is 26.0 Å². The standard InChI is InChI=1S/C39H46N12O7/c1-7-50-28(16-22(3)45-50)36(55)43-38-42-26-18-24(34(40)53)21-31(58-15-11-14-52)32(26)48(38)12-9-10-13-49-33-27(19-25(35(41)54)20-30(33)57-6)47(5)39(49)44-37(56)29-17-23(4)46-51(29)8-2/h9-10,16-21,52H,7-8,11-15H2,1-6H3,(H2,40,53)(H2,41,54)(H,42,43,55)/b10-9+,44-39?. The van der Waals surface area contributed by atoms with Crippen LogP contribution in [0.3, 0.4) is 0 Å². The summed E-state index contributed by atoms with van der Waals surface area (Å²) in [6, 6.07) is 9.51. The Kier molecular flexibility index (Phi) is 11.9. The number of imidazole rings is 2. The van der Waals surface area contributed by atoms with E-state index < -0.39 is 23.6 Å². The van der Waals surface area contributed by atoms with Crippen molar-refractivity contribution in [1.29, 1.82) is 0 Å². The lowest BCUT2D eigenvalue weighted by molar-refractivity contribution is 0.0980. The van der Waals surface area contributed by atoms with Crippen molar-refractivity contribution in [2.24, 2.45) is 23.5 Å². The lowest BCUT2D eigenvalue weighted by Crippen LogP contribution is -2.26. The van der Waals surface area contributed by atoms with Gasteiger partial charge in [-0.25, -0.2) is 4.98 Å². The van der Waals surface area contributed by atoms with Crippen LogP contribution in [-0.2, 0) is 33.2 Å². The van der Waals surface area contributed by atoms with Crippen molar-refractivity contribution in [2.75, 3.05) is 25.6 Å². The van der Waals surface area contributed by atoms with Gasteiger partial charge in [0.15, 0.2) is 0 Å². The quantitative estimate of drug-likeness (QED) is 0.0824. The highest BCUT2D eigenvalue weighted by molar-refractivity contribution is 6.04. The van der Waals surface area contributed by atoms with Gasteiger partial charge in [-0.1, -0.05) is 12.2 Å². The average Bonchev–Trinajstić information content (AvgIpc) is 3.94. The molecule has 19 nitrogen and oxygen atoms in total. The van der Waals surface area contributed by atoms with Crippen LogP contribution in [0.1, 0.15) is 73.3 Å². The first-order valence-corrected chi connectivity index (χ1v) is 18.6. The van der Waals surface area contributed by atoms with Crippen molar-refractivity contribution in [1.82, 2.24) is 38.2 Å². The second kappa shape index (κ2) is 17.0. The molecule has 0 fully saturated rings. The fraction of sp³-hybridized carbons (Fsp3) is 0.333. The number of anilines is 1. The number of fused-ring (bicyclic) bond motifs is 2. The summed E-state index contributed by atoms with van der Waals surface area (Å²) in [7, 11) is 3.19. The Bertz CT molecular complexity index is 2670. The number of carbonyl (C=O) groups is 4. The van der Waals surface area contributed by atoms with Crippen molar-refractivity contribution >= 4 is 51.6 Å². The molecule has 4 aromatic heterocycles. The Morgan fingerprint density at radius 2 is 1.45 bits per heavy atom. The molecule has 0 aliphatic carbocycles. The van der Waals surface area contributed by atoms with E-state index in [1.165, 1.54) is 25.3 Å². The molecule has 6 aromatic rings. The number of rotatable bonds is 16. The van der Waals surface area contributed by atoms with Gasteiger partial charge in [0.1, 0.15) is 33.9 Å². The zero-order valence-electron chi connectivity index (χ0n) is 33.1. The fourth-order valence-corrected chi connectivity index (χ4v) is 6.72. The zero-order valence-corrected chi connectivity index (χ0v) is 33.1. The monoisotopic (exact) mass is 794 g/mol. The number of allylic oxidation sites excluding steroid dienone is 2. The predicted molar refractivity (Wildman–Crippen MR) is 214 cm³/mol. The van der Waals surface area contributed by atoms with E-state index in [0.29, 0.717) is 70.1 Å². The van der Waals surface area contributed by atoms with Crippen LogP contribution in [0.2, 0.25) is 0 Å². The second-order valence-corrected chi connectivity index (χ2v) is 13.4. The van der Waals surface area contributed by atoms with Gasteiger partial charge in [0.05, 0.1) is 36.1 Å². The number of ether oxygens (including phenoxy) is 2. The van der Waals surface area contributed by atoms with Crippen LogP contribution in [0.5, 0.6) is 11.5 Å².